The number of rotatable bonds is 1. The number of likely N-dealkylation sites (N-methyl/N-ethyl adjacent to an activating group) is 1. The lowest BCUT2D eigenvalue weighted by Gasteiger charge is -2.22. The molecule has 0 aliphatic carbocycles. The van der Waals surface area contributed by atoms with E-state index in [-0.39, 0.29) is 17.9 Å². The molecule has 90 valence electrons. The van der Waals surface area contributed by atoms with Gasteiger partial charge < -0.3 is 11.1 Å². The second-order valence-corrected chi connectivity index (χ2v) is 4.41. The van der Waals surface area contributed by atoms with Crippen molar-refractivity contribution >= 4 is 29.1 Å². The summed E-state index contributed by atoms with van der Waals surface area (Å²) in [7, 11) is 1.78. The smallest absolute Gasteiger partial charge is 0.246 e. The Morgan fingerprint density at radius 3 is 2.88 bits per heavy atom. The largest absolute Gasteiger partial charge is 0.369 e. The molecular formula is C10H18N4OS. The van der Waals surface area contributed by atoms with Crippen molar-refractivity contribution in [3.63, 3.8) is 0 Å². The first-order valence-corrected chi connectivity index (χ1v) is 5.80. The van der Waals surface area contributed by atoms with Crippen LogP contribution in [0.2, 0.25) is 0 Å². The summed E-state index contributed by atoms with van der Waals surface area (Å²) >= 11 is 4.85. The van der Waals surface area contributed by atoms with Crippen LogP contribution in [-0.2, 0) is 4.79 Å². The van der Waals surface area contributed by atoms with Crippen LogP contribution in [0.4, 0.5) is 0 Å². The fourth-order valence-electron chi connectivity index (χ4n) is 1.76. The van der Waals surface area contributed by atoms with Crippen LogP contribution in [0.1, 0.15) is 26.2 Å². The van der Waals surface area contributed by atoms with Crippen molar-refractivity contribution in [3.05, 3.63) is 0 Å². The van der Waals surface area contributed by atoms with Gasteiger partial charge in [-0.25, -0.2) is 4.99 Å². The summed E-state index contributed by atoms with van der Waals surface area (Å²) in [6, 6.07) is -0.165. The van der Waals surface area contributed by atoms with Gasteiger partial charge in [0.15, 0.2) is 0 Å². The van der Waals surface area contributed by atoms with Crippen LogP contribution in [0.15, 0.2) is 4.99 Å². The third-order valence-electron chi connectivity index (χ3n) is 2.59. The van der Waals surface area contributed by atoms with E-state index in [9.17, 15) is 4.79 Å². The molecule has 1 aliphatic rings. The molecule has 1 saturated heterocycles. The Bertz CT molecular complexity index is 316. The highest BCUT2D eigenvalue weighted by Gasteiger charge is 2.27. The highest BCUT2D eigenvalue weighted by molar-refractivity contribution is 7.80. The maximum atomic E-state index is 12.1. The molecule has 5 nitrogen and oxygen atoms in total. The molecule has 1 amide bonds. The fraction of sp³-hybridized carbons (Fsp3) is 0.700. The summed E-state index contributed by atoms with van der Waals surface area (Å²) in [5.74, 6) is 0.192. The zero-order chi connectivity index (χ0) is 12.1. The SMILES string of the molecule is CNC1CCCCN(C(N)=NC(C)=S)C1=O. The first kappa shape index (κ1) is 13.1. The molecule has 1 fully saturated rings. The molecule has 1 rings (SSSR count). The predicted molar refractivity (Wildman–Crippen MR) is 68.3 cm³/mol. The Kier molecular flexibility index (Phi) is 4.82. The van der Waals surface area contributed by atoms with E-state index in [4.69, 9.17) is 18.0 Å². The van der Waals surface area contributed by atoms with E-state index in [2.05, 4.69) is 10.3 Å². The zero-order valence-electron chi connectivity index (χ0n) is 9.69. The van der Waals surface area contributed by atoms with Crippen LogP contribution in [0.5, 0.6) is 0 Å². The fourth-order valence-corrected chi connectivity index (χ4v) is 1.85. The van der Waals surface area contributed by atoms with E-state index >= 15 is 0 Å². The maximum Gasteiger partial charge on any atom is 0.246 e. The second-order valence-electron chi connectivity index (χ2n) is 3.82. The Hall–Kier alpha value is -1.01. The van der Waals surface area contributed by atoms with Gasteiger partial charge in [-0.3, -0.25) is 9.69 Å². The number of aliphatic imine (C=N–C) groups is 1. The van der Waals surface area contributed by atoms with Gasteiger partial charge in [0, 0.05) is 6.54 Å². The summed E-state index contributed by atoms with van der Waals surface area (Å²) in [6.45, 7) is 2.30. The molecular weight excluding hydrogens is 224 g/mol. The zero-order valence-corrected chi connectivity index (χ0v) is 10.5. The average molecular weight is 242 g/mol. The standard InChI is InChI=1S/C10H18N4OS/c1-7(16)13-10(11)14-6-4-3-5-8(12-2)9(14)15/h8,12H,3-6H2,1-2H3,(H2,11,13,16). The first-order chi connectivity index (χ1) is 7.56. The molecule has 0 bridgehead atoms. The van der Waals surface area contributed by atoms with Crippen molar-refractivity contribution in [3.8, 4) is 0 Å². The van der Waals surface area contributed by atoms with E-state index in [1.54, 1.807) is 14.0 Å². The molecule has 0 aromatic rings. The van der Waals surface area contributed by atoms with Gasteiger partial charge in [-0.2, -0.15) is 0 Å². The Morgan fingerprint density at radius 2 is 2.31 bits per heavy atom. The minimum Gasteiger partial charge on any atom is -0.369 e. The molecule has 1 heterocycles. The lowest BCUT2D eigenvalue weighted by molar-refractivity contribution is -0.129. The van der Waals surface area contributed by atoms with E-state index in [0.29, 0.717) is 11.5 Å². The third kappa shape index (κ3) is 3.24. The average Bonchev–Trinajstić information content (AvgIpc) is 2.38. The molecule has 0 spiro atoms. The highest BCUT2D eigenvalue weighted by Crippen LogP contribution is 2.11. The lowest BCUT2D eigenvalue weighted by Crippen LogP contribution is -2.49. The van der Waals surface area contributed by atoms with Crippen molar-refractivity contribution in [2.75, 3.05) is 13.6 Å². The molecule has 0 aromatic heterocycles. The monoisotopic (exact) mass is 242 g/mol. The van der Waals surface area contributed by atoms with Gasteiger partial charge in [0.2, 0.25) is 11.9 Å². The van der Waals surface area contributed by atoms with Crippen LogP contribution in [-0.4, -0.2) is 41.4 Å². The summed E-state index contributed by atoms with van der Waals surface area (Å²) in [4.78, 5) is 18.0. The number of guanidine groups is 1. The number of amides is 1. The molecule has 0 aromatic carbocycles. The summed E-state index contributed by atoms with van der Waals surface area (Å²) in [6.07, 6.45) is 2.80. The molecule has 6 heteroatoms. The third-order valence-corrected chi connectivity index (χ3v) is 2.68. The van der Waals surface area contributed by atoms with E-state index in [1.807, 2.05) is 0 Å². The van der Waals surface area contributed by atoms with E-state index in [0.717, 1.165) is 19.3 Å². The number of carbonyl (C=O) groups excluding carboxylic acids is 1. The summed E-state index contributed by atoms with van der Waals surface area (Å²) < 4.78 is 0. The van der Waals surface area contributed by atoms with E-state index in [1.165, 1.54) is 4.90 Å². The number of likely N-dealkylation sites (tertiary alicyclic amines) is 1. The molecule has 1 unspecified atom stereocenters. The van der Waals surface area contributed by atoms with Crippen molar-refractivity contribution in [1.82, 2.24) is 10.2 Å². The van der Waals surface area contributed by atoms with Gasteiger partial charge in [-0.05, 0) is 33.2 Å². The Labute approximate surface area is 101 Å². The summed E-state index contributed by atoms with van der Waals surface area (Å²) in [5, 5.41) is 3.00. The first-order valence-electron chi connectivity index (χ1n) is 5.39. The van der Waals surface area contributed by atoms with Gasteiger partial charge in [0.25, 0.3) is 0 Å². The van der Waals surface area contributed by atoms with Gasteiger partial charge in [0.05, 0.1) is 6.04 Å². The number of thiocarbonyl (C=S) groups is 1. The number of carbonyl (C=O) groups is 1. The van der Waals surface area contributed by atoms with Crippen LogP contribution in [0.25, 0.3) is 0 Å². The van der Waals surface area contributed by atoms with E-state index < -0.39 is 0 Å². The Balaban J connectivity index is 2.84. The normalized spacial score (nSPS) is 23.1. The molecule has 1 atom stereocenters. The van der Waals surface area contributed by atoms with Crippen molar-refractivity contribution in [2.45, 2.75) is 32.2 Å². The number of nitrogens with two attached hydrogens (primary N) is 1. The minimum atomic E-state index is -0.165. The molecule has 16 heavy (non-hydrogen) atoms. The Morgan fingerprint density at radius 1 is 1.62 bits per heavy atom. The predicted octanol–water partition coefficient (Wildman–Crippen LogP) is 0.249. The highest BCUT2D eigenvalue weighted by atomic mass is 32.1. The van der Waals surface area contributed by atoms with Gasteiger partial charge >= 0.3 is 0 Å². The van der Waals surface area contributed by atoms with Gasteiger partial charge in [0.1, 0.15) is 4.99 Å². The molecule has 0 radical (unpaired) electrons. The quantitative estimate of drug-likeness (QED) is 0.393. The molecule has 1 aliphatic heterocycles. The van der Waals surface area contributed by atoms with Gasteiger partial charge in [-0.15, -0.1) is 0 Å². The number of hydrogen-bond acceptors (Lipinski definition) is 3. The number of nitrogens with one attached hydrogen (secondary N) is 1. The molecule has 0 saturated carbocycles. The number of hydrogen-bond donors (Lipinski definition) is 2. The summed E-state index contributed by atoms with van der Waals surface area (Å²) in [5.41, 5.74) is 5.77. The lowest BCUT2D eigenvalue weighted by atomic mass is 10.1. The van der Waals surface area contributed by atoms with Crippen LogP contribution < -0.4 is 11.1 Å². The topological polar surface area (TPSA) is 70.7 Å². The maximum absolute atomic E-state index is 12.1. The second kappa shape index (κ2) is 5.91. The molecule has 3 N–H and O–H groups in total. The minimum absolute atomic E-state index is 0.0162. The van der Waals surface area contributed by atoms with Crippen LogP contribution >= 0.6 is 12.2 Å². The van der Waals surface area contributed by atoms with Crippen LogP contribution in [0, 0.1) is 0 Å². The van der Waals surface area contributed by atoms with Crippen LogP contribution in [0.3, 0.4) is 0 Å². The van der Waals surface area contributed by atoms with Crippen molar-refractivity contribution in [2.24, 2.45) is 10.7 Å². The van der Waals surface area contributed by atoms with Crippen molar-refractivity contribution in [1.29, 1.82) is 0 Å². The van der Waals surface area contributed by atoms with Crippen molar-refractivity contribution < 1.29 is 4.79 Å². The van der Waals surface area contributed by atoms with Gasteiger partial charge in [-0.1, -0.05) is 12.2 Å². The number of nitrogens with zero attached hydrogens (tertiary/aromatic N) is 2.